The summed E-state index contributed by atoms with van der Waals surface area (Å²) in [6, 6.07) is 22.0. The van der Waals surface area contributed by atoms with Crippen LogP contribution in [0.25, 0.3) is 11.0 Å². The Morgan fingerprint density at radius 1 is 1.00 bits per heavy atom. The van der Waals surface area contributed by atoms with E-state index in [4.69, 9.17) is 4.42 Å². The lowest BCUT2D eigenvalue weighted by atomic mass is 10.0. The molecule has 0 aliphatic carbocycles. The lowest BCUT2D eigenvalue weighted by molar-refractivity contribution is 0.0668. The lowest BCUT2D eigenvalue weighted by Crippen LogP contribution is -2.36. The van der Waals surface area contributed by atoms with E-state index in [2.05, 4.69) is 4.98 Å². The fourth-order valence-electron chi connectivity index (χ4n) is 3.34. The number of hydrogen-bond donors (Lipinski definition) is 0. The summed E-state index contributed by atoms with van der Waals surface area (Å²) in [5, 5.41) is 0.392. The van der Waals surface area contributed by atoms with Crippen LogP contribution in [-0.2, 0) is 6.54 Å². The summed E-state index contributed by atoms with van der Waals surface area (Å²) in [5.41, 5.74) is 1.86. The number of nitrogens with zero attached hydrogens (tertiary/aromatic N) is 2. The van der Waals surface area contributed by atoms with Crippen molar-refractivity contribution in [2.75, 3.05) is 0 Å². The molecule has 144 valence electrons. The molecule has 0 aliphatic rings. The normalized spacial score (nSPS) is 11.9. The van der Waals surface area contributed by atoms with Crippen LogP contribution in [0.4, 0.5) is 0 Å². The Hall–Kier alpha value is -3.73. The van der Waals surface area contributed by atoms with Crippen LogP contribution >= 0.6 is 0 Å². The van der Waals surface area contributed by atoms with Crippen molar-refractivity contribution in [1.82, 2.24) is 9.88 Å². The van der Waals surface area contributed by atoms with E-state index >= 15 is 0 Å². The topological polar surface area (TPSA) is 63.4 Å². The highest BCUT2D eigenvalue weighted by Crippen LogP contribution is 2.24. The van der Waals surface area contributed by atoms with Gasteiger partial charge in [0.2, 0.25) is 5.43 Å². The molecule has 1 unspecified atom stereocenters. The van der Waals surface area contributed by atoms with Crippen LogP contribution in [0.3, 0.4) is 0 Å². The van der Waals surface area contributed by atoms with Gasteiger partial charge >= 0.3 is 0 Å². The Labute approximate surface area is 168 Å². The molecule has 2 heterocycles. The minimum atomic E-state index is -0.383. The molecule has 5 heteroatoms. The SMILES string of the molecule is CC(c1ccccc1)N(Cc1ccccn1)C(=O)c1coc2ccccc2c1=O. The molecule has 5 nitrogen and oxygen atoms in total. The van der Waals surface area contributed by atoms with E-state index in [1.54, 1.807) is 35.4 Å². The van der Waals surface area contributed by atoms with E-state index in [1.165, 1.54) is 6.26 Å². The quantitative estimate of drug-likeness (QED) is 0.505. The highest BCUT2D eigenvalue weighted by Gasteiger charge is 2.26. The minimum Gasteiger partial charge on any atom is -0.463 e. The predicted molar refractivity (Wildman–Crippen MR) is 111 cm³/mol. The van der Waals surface area contributed by atoms with Crippen molar-refractivity contribution in [2.45, 2.75) is 19.5 Å². The van der Waals surface area contributed by atoms with E-state index in [1.807, 2.05) is 55.5 Å². The van der Waals surface area contributed by atoms with Crippen molar-refractivity contribution < 1.29 is 9.21 Å². The van der Waals surface area contributed by atoms with Crippen LogP contribution in [0, 0.1) is 0 Å². The highest BCUT2D eigenvalue weighted by molar-refractivity contribution is 5.96. The molecule has 0 N–H and O–H groups in total. The van der Waals surface area contributed by atoms with Crippen LogP contribution in [0.2, 0.25) is 0 Å². The van der Waals surface area contributed by atoms with E-state index in [0.29, 0.717) is 11.0 Å². The second kappa shape index (κ2) is 8.10. The molecule has 29 heavy (non-hydrogen) atoms. The molecule has 1 atom stereocenters. The summed E-state index contributed by atoms with van der Waals surface area (Å²) in [4.78, 5) is 32.4. The van der Waals surface area contributed by atoms with E-state index in [9.17, 15) is 9.59 Å². The lowest BCUT2D eigenvalue weighted by Gasteiger charge is -2.29. The van der Waals surface area contributed by atoms with E-state index in [-0.39, 0.29) is 29.5 Å². The average Bonchev–Trinajstić information content (AvgIpc) is 2.78. The van der Waals surface area contributed by atoms with Crippen LogP contribution in [0.15, 0.2) is 94.5 Å². The molecular formula is C24H20N2O3. The van der Waals surface area contributed by atoms with E-state index in [0.717, 1.165) is 11.3 Å². The van der Waals surface area contributed by atoms with Gasteiger partial charge in [-0.05, 0) is 36.8 Å². The first-order valence-electron chi connectivity index (χ1n) is 9.41. The first-order valence-corrected chi connectivity index (χ1v) is 9.41. The summed E-state index contributed by atoms with van der Waals surface area (Å²) in [6.45, 7) is 2.22. The average molecular weight is 384 g/mol. The summed E-state index contributed by atoms with van der Waals surface area (Å²) >= 11 is 0. The van der Waals surface area contributed by atoms with Crippen molar-refractivity contribution in [3.63, 3.8) is 0 Å². The van der Waals surface area contributed by atoms with Crippen molar-refractivity contribution >= 4 is 16.9 Å². The second-order valence-electron chi connectivity index (χ2n) is 6.82. The Bertz CT molecular complexity index is 1190. The molecule has 0 saturated heterocycles. The number of benzene rings is 2. The number of amides is 1. The maximum Gasteiger partial charge on any atom is 0.261 e. The second-order valence-corrected chi connectivity index (χ2v) is 6.82. The smallest absolute Gasteiger partial charge is 0.261 e. The number of hydrogen-bond acceptors (Lipinski definition) is 4. The Kier molecular flexibility index (Phi) is 5.20. The minimum absolute atomic E-state index is 0.0161. The first-order chi connectivity index (χ1) is 14.1. The number of rotatable bonds is 5. The zero-order valence-corrected chi connectivity index (χ0v) is 16.0. The number of carbonyl (C=O) groups is 1. The third kappa shape index (κ3) is 3.80. The molecule has 2 aromatic heterocycles. The van der Waals surface area contributed by atoms with Gasteiger partial charge < -0.3 is 9.32 Å². The summed E-state index contributed by atoms with van der Waals surface area (Å²) in [7, 11) is 0. The molecule has 4 rings (SSSR count). The first kappa shape index (κ1) is 18.6. The molecular weight excluding hydrogens is 364 g/mol. The molecule has 2 aromatic carbocycles. The van der Waals surface area contributed by atoms with Gasteiger partial charge in [0.15, 0.2) is 0 Å². The van der Waals surface area contributed by atoms with Crippen LogP contribution in [0.1, 0.15) is 34.6 Å². The van der Waals surface area contributed by atoms with Crippen molar-refractivity contribution in [1.29, 1.82) is 0 Å². The van der Waals surface area contributed by atoms with E-state index < -0.39 is 0 Å². The molecule has 0 aliphatic heterocycles. The van der Waals surface area contributed by atoms with Crippen molar-refractivity contribution in [2.24, 2.45) is 0 Å². The molecule has 0 saturated carbocycles. The number of fused-ring (bicyclic) bond motifs is 1. The monoisotopic (exact) mass is 384 g/mol. The summed E-state index contributed by atoms with van der Waals surface area (Å²) in [5.74, 6) is -0.383. The fourth-order valence-corrected chi connectivity index (χ4v) is 3.34. The van der Waals surface area contributed by atoms with Gasteiger partial charge in [-0.15, -0.1) is 0 Å². The molecule has 0 radical (unpaired) electrons. The summed E-state index contributed by atoms with van der Waals surface area (Å²) < 4.78 is 5.57. The number of carbonyl (C=O) groups excluding carboxylic acids is 1. The van der Waals surface area contributed by atoms with Gasteiger partial charge in [0.1, 0.15) is 17.4 Å². The molecule has 1 amide bonds. The van der Waals surface area contributed by atoms with Gasteiger partial charge in [-0.2, -0.15) is 0 Å². The standard InChI is InChI=1S/C24H20N2O3/c1-17(18-9-3-2-4-10-18)26(15-19-11-7-8-14-25-19)24(28)21-16-29-22-13-6-5-12-20(22)23(21)27/h2-14,16-17H,15H2,1H3. The van der Waals surface area contributed by atoms with Gasteiger partial charge in [0, 0.05) is 6.20 Å². The Morgan fingerprint density at radius 3 is 2.48 bits per heavy atom. The third-order valence-electron chi connectivity index (χ3n) is 4.98. The molecule has 0 bridgehead atoms. The van der Waals surface area contributed by atoms with Crippen LogP contribution < -0.4 is 5.43 Å². The zero-order chi connectivity index (χ0) is 20.2. The molecule has 4 aromatic rings. The van der Waals surface area contributed by atoms with Crippen molar-refractivity contribution in [3.05, 3.63) is 112 Å². The van der Waals surface area contributed by atoms with Crippen molar-refractivity contribution in [3.8, 4) is 0 Å². The molecule has 0 spiro atoms. The number of pyridine rings is 1. The van der Waals surface area contributed by atoms with Gasteiger partial charge in [0.05, 0.1) is 23.7 Å². The number of aromatic nitrogens is 1. The molecule has 0 fully saturated rings. The van der Waals surface area contributed by atoms with Gasteiger partial charge in [-0.25, -0.2) is 0 Å². The Balaban J connectivity index is 1.77. The van der Waals surface area contributed by atoms with Gasteiger partial charge in [-0.3, -0.25) is 14.6 Å². The maximum absolute atomic E-state index is 13.5. The fraction of sp³-hybridized carbons (Fsp3) is 0.125. The zero-order valence-electron chi connectivity index (χ0n) is 16.0. The van der Waals surface area contributed by atoms with Crippen LogP contribution in [0.5, 0.6) is 0 Å². The highest BCUT2D eigenvalue weighted by atomic mass is 16.3. The summed E-state index contributed by atoms with van der Waals surface area (Å²) in [6.07, 6.45) is 2.95. The predicted octanol–water partition coefficient (Wildman–Crippen LogP) is 4.59. The largest absolute Gasteiger partial charge is 0.463 e. The maximum atomic E-state index is 13.5. The van der Waals surface area contributed by atoms with Gasteiger partial charge in [0.25, 0.3) is 5.91 Å². The van der Waals surface area contributed by atoms with Crippen LogP contribution in [-0.4, -0.2) is 15.8 Å². The Morgan fingerprint density at radius 2 is 1.72 bits per heavy atom. The van der Waals surface area contributed by atoms with Gasteiger partial charge in [-0.1, -0.05) is 48.5 Å². The number of para-hydroxylation sites is 1. The third-order valence-corrected chi connectivity index (χ3v) is 4.98.